The summed E-state index contributed by atoms with van der Waals surface area (Å²) in [5.74, 6) is -2.27. The average Bonchev–Trinajstić information content (AvgIpc) is 2.45. The van der Waals surface area contributed by atoms with Gasteiger partial charge in [-0.1, -0.05) is 30.7 Å². The minimum Gasteiger partial charge on any atom is -0.468 e. The van der Waals surface area contributed by atoms with E-state index in [0.29, 0.717) is 0 Å². The Kier molecular flexibility index (Phi) is 4.17. The number of ether oxygens (including phenoxy) is 3. The summed E-state index contributed by atoms with van der Waals surface area (Å²) in [6, 6.07) is 0. The molecule has 1 aliphatic carbocycles. The molecule has 1 saturated heterocycles. The third kappa shape index (κ3) is 2.48. The second-order valence-corrected chi connectivity index (χ2v) is 4.59. The molecule has 4 atom stereocenters. The van der Waals surface area contributed by atoms with Gasteiger partial charge in [0.2, 0.25) is 0 Å². The lowest BCUT2D eigenvalue weighted by Gasteiger charge is -2.37. The zero-order valence-electron chi connectivity index (χ0n) is 11.3. The number of methoxy groups -OCH3 is 2. The van der Waals surface area contributed by atoms with Crippen molar-refractivity contribution in [1.29, 1.82) is 0 Å². The maximum atomic E-state index is 12.5. The summed E-state index contributed by atoms with van der Waals surface area (Å²) >= 11 is 0. The Morgan fingerprint density at radius 2 is 2.16 bits per heavy atom. The number of esters is 1. The first-order chi connectivity index (χ1) is 9.12. The summed E-state index contributed by atoms with van der Waals surface area (Å²) in [5, 5.41) is 0. The lowest BCUT2D eigenvalue weighted by Crippen LogP contribution is -2.51. The van der Waals surface area contributed by atoms with E-state index in [2.05, 4.69) is 4.74 Å². The van der Waals surface area contributed by atoms with E-state index >= 15 is 0 Å². The molecule has 1 fully saturated rings. The van der Waals surface area contributed by atoms with Gasteiger partial charge < -0.3 is 14.2 Å². The molecular weight excluding hydrogens is 248 g/mol. The highest BCUT2D eigenvalue weighted by atomic mass is 16.7. The van der Waals surface area contributed by atoms with Gasteiger partial charge in [0.25, 0.3) is 0 Å². The topological polar surface area (TPSA) is 61.8 Å². The molecule has 1 heterocycles. The lowest BCUT2D eigenvalue weighted by atomic mass is 9.81. The van der Waals surface area contributed by atoms with Crippen molar-refractivity contribution in [3.05, 3.63) is 23.8 Å². The van der Waals surface area contributed by atoms with Gasteiger partial charge in [0.05, 0.1) is 19.1 Å². The van der Waals surface area contributed by atoms with Crippen molar-refractivity contribution in [2.75, 3.05) is 14.2 Å². The first kappa shape index (κ1) is 14.0. The SMILES string of the molecule is CCC1=CC2C(=O)C(C(=O)OC)C(OC)OC2C=C1. The summed E-state index contributed by atoms with van der Waals surface area (Å²) in [5.41, 5.74) is 1.07. The number of Topliss-reactive ketones (excluding diaryl/α,β-unsaturated/α-hetero) is 1. The van der Waals surface area contributed by atoms with Crippen LogP contribution in [-0.4, -0.2) is 38.4 Å². The van der Waals surface area contributed by atoms with E-state index < -0.39 is 24.1 Å². The van der Waals surface area contributed by atoms with Crippen LogP contribution < -0.4 is 0 Å². The van der Waals surface area contributed by atoms with Gasteiger partial charge in [-0.3, -0.25) is 9.59 Å². The summed E-state index contributed by atoms with van der Waals surface area (Å²) < 4.78 is 15.4. The fourth-order valence-corrected chi connectivity index (χ4v) is 2.45. The Morgan fingerprint density at radius 1 is 1.42 bits per heavy atom. The zero-order valence-corrected chi connectivity index (χ0v) is 11.3. The Labute approximate surface area is 112 Å². The molecule has 19 heavy (non-hydrogen) atoms. The quantitative estimate of drug-likeness (QED) is 0.568. The molecule has 0 aromatic rings. The third-order valence-electron chi connectivity index (χ3n) is 3.54. The van der Waals surface area contributed by atoms with Gasteiger partial charge in [-0.15, -0.1) is 0 Å². The van der Waals surface area contributed by atoms with Crippen LogP contribution >= 0.6 is 0 Å². The second kappa shape index (κ2) is 5.67. The van der Waals surface area contributed by atoms with Crippen molar-refractivity contribution < 1.29 is 23.8 Å². The normalized spacial score (nSPS) is 33.6. The van der Waals surface area contributed by atoms with Crippen molar-refractivity contribution in [2.24, 2.45) is 11.8 Å². The molecule has 5 nitrogen and oxygen atoms in total. The molecule has 104 valence electrons. The molecule has 1 aliphatic heterocycles. The number of ketones is 1. The molecule has 2 rings (SSSR count). The smallest absolute Gasteiger partial charge is 0.321 e. The molecule has 0 aromatic heterocycles. The highest BCUT2D eigenvalue weighted by Gasteiger charge is 2.48. The van der Waals surface area contributed by atoms with Gasteiger partial charge in [0, 0.05) is 7.11 Å². The van der Waals surface area contributed by atoms with Crippen molar-refractivity contribution >= 4 is 11.8 Å². The number of rotatable bonds is 3. The number of allylic oxidation sites excluding steroid dienone is 2. The Balaban J connectivity index is 2.29. The largest absolute Gasteiger partial charge is 0.468 e. The van der Waals surface area contributed by atoms with Crippen LogP contribution in [0.3, 0.4) is 0 Å². The van der Waals surface area contributed by atoms with Crippen molar-refractivity contribution in [3.8, 4) is 0 Å². The number of hydrogen-bond donors (Lipinski definition) is 0. The number of fused-ring (bicyclic) bond motifs is 1. The number of carbonyl (C=O) groups is 2. The summed E-state index contributed by atoms with van der Waals surface area (Å²) in [7, 11) is 2.66. The van der Waals surface area contributed by atoms with Gasteiger partial charge in [-0.25, -0.2) is 0 Å². The van der Waals surface area contributed by atoms with E-state index in [1.165, 1.54) is 14.2 Å². The Morgan fingerprint density at radius 3 is 2.74 bits per heavy atom. The van der Waals surface area contributed by atoms with Gasteiger partial charge in [-0.05, 0) is 6.42 Å². The maximum Gasteiger partial charge on any atom is 0.321 e. The summed E-state index contributed by atoms with van der Waals surface area (Å²) in [6.07, 6.45) is 5.25. The summed E-state index contributed by atoms with van der Waals surface area (Å²) in [6.45, 7) is 2.01. The fraction of sp³-hybridized carbons (Fsp3) is 0.571. The minimum atomic E-state index is -1.02. The molecule has 4 unspecified atom stereocenters. The third-order valence-corrected chi connectivity index (χ3v) is 3.54. The Hall–Kier alpha value is -1.46. The zero-order chi connectivity index (χ0) is 14.0. The van der Waals surface area contributed by atoms with Gasteiger partial charge >= 0.3 is 5.97 Å². The average molecular weight is 266 g/mol. The van der Waals surface area contributed by atoms with Crippen molar-refractivity contribution in [2.45, 2.75) is 25.7 Å². The fourth-order valence-electron chi connectivity index (χ4n) is 2.45. The molecule has 0 radical (unpaired) electrons. The first-order valence-corrected chi connectivity index (χ1v) is 6.31. The van der Waals surface area contributed by atoms with Crippen LogP contribution in [0.4, 0.5) is 0 Å². The van der Waals surface area contributed by atoms with Crippen molar-refractivity contribution in [1.82, 2.24) is 0 Å². The predicted molar refractivity (Wildman–Crippen MR) is 67.2 cm³/mol. The molecule has 0 amide bonds. The van der Waals surface area contributed by atoms with Gasteiger partial charge in [-0.2, -0.15) is 0 Å². The second-order valence-electron chi connectivity index (χ2n) is 4.59. The highest BCUT2D eigenvalue weighted by Crippen LogP contribution is 2.33. The van der Waals surface area contributed by atoms with Crippen LogP contribution in [0.15, 0.2) is 23.8 Å². The minimum absolute atomic E-state index is 0.203. The molecule has 2 aliphatic rings. The molecule has 0 N–H and O–H groups in total. The molecule has 0 spiro atoms. The van der Waals surface area contributed by atoms with Crippen molar-refractivity contribution in [3.63, 3.8) is 0 Å². The molecule has 0 saturated carbocycles. The van der Waals surface area contributed by atoms with Crippen LogP contribution in [0.2, 0.25) is 0 Å². The highest BCUT2D eigenvalue weighted by molar-refractivity contribution is 6.02. The number of hydrogen-bond acceptors (Lipinski definition) is 5. The predicted octanol–water partition coefficient (Wildman–Crippen LogP) is 1.24. The van der Waals surface area contributed by atoms with Crippen LogP contribution in [0.25, 0.3) is 0 Å². The first-order valence-electron chi connectivity index (χ1n) is 6.31. The standard InChI is InChI=1S/C14H18O5/c1-4-8-5-6-10-9(7-8)12(15)11(13(16)17-2)14(18-3)19-10/h5-7,9-11,14H,4H2,1-3H3. The molecule has 0 bridgehead atoms. The maximum absolute atomic E-state index is 12.5. The molecule has 5 heteroatoms. The van der Waals surface area contributed by atoms with E-state index in [1.807, 2.05) is 25.2 Å². The Bertz CT molecular complexity index is 437. The van der Waals surface area contributed by atoms with Crippen LogP contribution in [-0.2, 0) is 23.8 Å². The van der Waals surface area contributed by atoms with E-state index in [1.54, 1.807) is 0 Å². The van der Waals surface area contributed by atoms with Crippen LogP contribution in [0, 0.1) is 11.8 Å². The monoisotopic (exact) mass is 266 g/mol. The van der Waals surface area contributed by atoms with Crippen LogP contribution in [0.5, 0.6) is 0 Å². The van der Waals surface area contributed by atoms with E-state index in [4.69, 9.17) is 9.47 Å². The van der Waals surface area contributed by atoms with Gasteiger partial charge in [0.15, 0.2) is 18.0 Å². The van der Waals surface area contributed by atoms with E-state index in [-0.39, 0.29) is 11.9 Å². The number of carbonyl (C=O) groups excluding carboxylic acids is 2. The van der Waals surface area contributed by atoms with Crippen LogP contribution in [0.1, 0.15) is 13.3 Å². The summed E-state index contributed by atoms with van der Waals surface area (Å²) in [4.78, 5) is 24.2. The van der Waals surface area contributed by atoms with E-state index in [9.17, 15) is 9.59 Å². The molecule has 0 aromatic carbocycles. The molecular formula is C14H18O5. The van der Waals surface area contributed by atoms with Gasteiger partial charge in [0.1, 0.15) is 0 Å². The van der Waals surface area contributed by atoms with E-state index in [0.717, 1.165) is 12.0 Å². The lowest BCUT2D eigenvalue weighted by molar-refractivity contribution is -0.212.